The number of amides is 1. The van der Waals surface area contributed by atoms with E-state index in [4.69, 9.17) is 0 Å². The minimum atomic E-state index is -0.400. The summed E-state index contributed by atoms with van der Waals surface area (Å²) in [5.41, 5.74) is 3.65. The molecule has 1 aromatic carbocycles. The smallest absolute Gasteiger partial charge is 0.272 e. The van der Waals surface area contributed by atoms with E-state index in [1.807, 2.05) is 19.9 Å². The molecule has 0 bridgehead atoms. The number of benzene rings is 1. The normalized spacial score (nSPS) is 12.0. The minimum Gasteiger partial charge on any atom is -0.322 e. The number of nitrogens with one attached hydrogen (secondary N) is 3. The molecular weight excluding hydrogens is 310 g/mol. The van der Waals surface area contributed by atoms with Gasteiger partial charge in [0.25, 0.3) is 5.69 Å². The van der Waals surface area contributed by atoms with Crippen LogP contribution in [0.1, 0.15) is 35.5 Å². The first-order valence-electron chi connectivity index (χ1n) is 7.59. The zero-order chi connectivity index (χ0) is 17.9. The summed E-state index contributed by atoms with van der Waals surface area (Å²) in [6, 6.07) is 4.88. The average Bonchev–Trinajstić information content (AvgIpc) is 2.84. The van der Waals surface area contributed by atoms with Gasteiger partial charge in [0.2, 0.25) is 5.91 Å². The van der Waals surface area contributed by atoms with Gasteiger partial charge in [-0.3, -0.25) is 20.0 Å². The molecule has 0 aliphatic heterocycles. The molecule has 2 aromatic rings. The summed E-state index contributed by atoms with van der Waals surface area (Å²) in [4.78, 5) is 22.7. The molecule has 24 heavy (non-hydrogen) atoms. The molecule has 3 N–H and O–H groups in total. The van der Waals surface area contributed by atoms with Crippen LogP contribution in [0.25, 0.3) is 0 Å². The molecule has 1 heterocycles. The van der Waals surface area contributed by atoms with Crippen LogP contribution in [-0.2, 0) is 4.79 Å². The van der Waals surface area contributed by atoms with Gasteiger partial charge in [-0.1, -0.05) is 12.1 Å². The van der Waals surface area contributed by atoms with Gasteiger partial charge in [0.1, 0.15) is 0 Å². The van der Waals surface area contributed by atoms with Crippen molar-refractivity contribution in [2.75, 3.05) is 11.9 Å². The van der Waals surface area contributed by atoms with Crippen molar-refractivity contribution in [2.45, 2.75) is 33.7 Å². The van der Waals surface area contributed by atoms with Crippen molar-refractivity contribution in [3.8, 4) is 0 Å². The second-order valence-corrected chi connectivity index (χ2v) is 5.76. The number of hydrogen-bond donors (Lipinski definition) is 3. The Labute approximate surface area is 139 Å². The number of nitro benzene ring substituents is 1. The van der Waals surface area contributed by atoms with Crippen LogP contribution in [0.2, 0.25) is 0 Å². The number of aryl methyl sites for hydroxylation is 3. The molecule has 0 radical (unpaired) electrons. The third kappa shape index (κ3) is 3.96. The third-order valence-electron chi connectivity index (χ3n) is 3.89. The molecule has 2 rings (SSSR count). The number of hydrogen-bond acceptors (Lipinski definition) is 5. The SMILES string of the molecule is Cc1ccc(C(C)NCC(=O)Nc2c(C)n[nH]c2C)cc1[N+](=O)[O-]. The topological polar surface area (TPSA) is 113 Å². The second kappa shape index (κ2) is 7.22. The Hall–Kier alpha value is -2.74. The predicted octanol–water partition coefficient (Wildman–Crippen LogP) is 2.53. The van der Waals surface area contributed by atoms with Crippen LogP contribution in [-0.4, -0.2) is 27.6 Å². The fraction of sp³-hybridized carbons (Fsp3) is 0.375. The van der Waals surface area contributed by atoms with Crippen LogP contribution in [0.15, 0.2) is 18.2 Å². The number of nitrogens with zero attached hydrogens (tertiary/aromatic N) is 2. The van der Waals surface area contributed by atoms with Gasteiger partial charge in [0.15, 0.2) is 0 Å². The summed E-state index contributed by atoms with van der Waals surface area (Å²) in [6.07, 6.45) is 0. The Kier molecular flexibility index (Phi) is 5.30. The van der Waals surface area contributed by atoms with E-state index in [0.717, 1.165) is 17.0 Å². The van der Waals surface area contributed by atoms with E-state index in [2.05, 4.69) is 20.8 Å². The molecule has 0 aliphatic carbocycles. The lowest BCUT2D eigenvalue weighted by molar-refractivity contribution is -0.385. The average molecular weight is 331 g/mol. The number of nitro groups is 1. The number of rotatable bonds is 6. The lowest BCUT2D eigenvalue weighted by Gasteiger charge is -2.14. The molecule has 8 heteroatoms. The Bertz CT molecular complexity index is 750. The van der Waals surface area contributed by atoms with Gasteiger partial charge in [0.05, 0.1) is 28.5 Å². The first-order chi connectivity index (χ1) is 11.3. The van der Waals surface area contributed by atoms with Gasteiger partial charge in [-0.25, -0.2) is 0 Å². The maximum Gasteiger partial charge on any atom is 0.272 e. The van der Waals surface area contributed by atoms with Crippen LogP contribution in [0.4, 0.5) is 11.4 Å². The molecule has 0 aliphatic rings. The highest BCUT2D eigenvalue weighted by molar-refractivity contribution is 5.93. The summed E-state index contributed by atoms with van der Waals surface area (Å²) in [5.74, 6) is -0.198. The van der Waals surface area contributed by atoms with Gasteiger partial charge in [-0.2, -0.15) is 5.10 Å². The molecule has 1 amide bonds. The molecule has 0 spiro atoms. The second-order valence-electron chi connectivity index (χ2n) is 5.76. The maximum absolute atomic E-state index is 12.1. The molecule has 1 atom stereocenters. The molecule has 128 valence electrons. The van der Waals surface area contributed by atoms with Gasteiger partial charge < -0.3 is 10.6 Å². The maximum atomic E-state index is 12.1. The van der Waals surface area contributed by atoms with E-state index in [0.29, 0.717) is 11.3 Å². The van der Waals surface area contributed by atoms with Crippen molar-refractivity contribution < 1.29 is 9.72 Å². The van der Waals surface area contributed by atoms with Crippen LogP contribution in [0, 0.1) is 30.9 Å². The van der Waals surface area contributed by atoms with Crippen molar-refractivity contribution in [2.24, 2.45) is 0 Å². The van der Waals surface area contributed by atoms with E-state index < -0.39 is 4.92 Å². The minimum absolute atomic E-state index is 0.0789. The van der Waals surface area contributed by atoms with Gasteiger partial charge in [0, 0.05) is 17.7 Å². The van der Waals surface area contributed by atoms with E-state index in [1.54, 1.807) is 19.9 Å². The van der Waals surface area contributed by atoms with Crippen LogP contribution in [0.5, 0.6) is 0 Å². The van der Waals surface area contributed by atoms with Crippen LogP contribution >= 0.6 is 0 Å². The lowest BCUT2D eigenvalue weighted by atomic mass is 10.0. The largest absolute Gasteiger partial charge is 0.322 e. The molecule has 0 fully saturated rings. The van der Waals surface area contributed by atoms with Gasteiger partial charge in [-0.05, 0) is 33.3 Å². The zero-order valence-corrected chi connectivity index (χ0v) is 14.1. The van der Waals surface area contributed by atoms with Gasteiger partial charge in [-0.15, -0.1) is 0 Å². The highest BCUT2D eigenvalue weighted by Gasteiger charge is 2.15. The van der Waals surface area contributed by atoms with Crippen LogP contribution < -0.4 is 10.6 Å². The highest BCUT2D eigenvalue weighted by atomic mass is 16.6. The molecule has 1 aromatic heterocycles. The van der Waals surface area contributed by atoms with Crippen molar-refractivity contribution in [1.29, 1.82) is 0 Å². The van der Waals surface area contributed by atoms with Crippen molar-refractivity contribution in [1.82, 2.24) is 15.5 Å². The summed E-state index contributed by atoms with van der Waals surface area (Å²) in [6.45, 7) is 7.28. The van der Waals surface area contributed by atoms with E-state index >= 15 is 0 Å². The standard InChI is InChI=1S/C16H21N5O3/c1-9-5-6-13(7-14(9)21(23)24)10(2)17-8-15(22)18-16-11(3)19-20-12(16)4/h5-7,10,17H,8H2,1-4H3,(H,18,22)(H,19,20). The van der Waals surface area contributed by atoms with Crippen molar-refractivity contribution >= 4 is 17.3 Å². The van der Waals surface area contributed by atoms with E-state index in [-0.39, 0.29) is 24.2 Å². The molecule has 1 unspecified atom stereocenters. The lowest BCUT2D eigenvalue weighted by Crippen LogP contribution is -2.30. The summed E-state index contributed by atoms with van der Waals surface area (Å²) in [5, 5.41) is 23.7. The first-order valence-corrected chi connectivity index (χ1v) is 7.59. The number of carbonyl (C=O) groups excluding carboxylic acids is 1. The Balaban J connectivity index is 1.98. The number of H-pyrrole nitrogens is 1. The summed E-state index contributed by atoms with van der Waals surface area (Å²) < 4.78 is 0. The van der Waals surface area contributed by atoms with E-state index in [9.17, 15) is 14.9 Å². The third-order valence-corrected chi connectivity index (χ3v) is 3.89. The fourth-order valence-electron chi connectivity index (χ4n) is 2.37. The zero-order valence-electron chi connectivity index (χ0n) is 14.1. The number of carbonyl (C=O) groups is 1. The predicted molar refractivity (Wildman–Crippen MR) is 90.9 cm³/mol. The molecular formula is C16H21N5O3. The quantitative estimate of drug-likeness (QED) is 0.556. The first kappa shape index (κ1) is 17.6. The van der Waals surface area contributed by atoms with Crippen LogP contribution in [0.3, 0.4) is 0 Å². The fourth-order valence-corrected chi connectivity index (χ4v) is 2.37. The molecule has 0 saturated carbocycles. The Morgan fingerprint density at radius 2 is 2.08 bits per heavy atom. The number of aromatic amines is 1. The molecule has 8 nitrogen and oxygen atoms in total. The summed E-state index contributed by atoms with van der Waals surface area (Å²) >= 11 is 0. The number of aromatic nitrogens is 2. The highest BCUT2D eigenvalue weighted by Crippen LogP contribution is 2.23. The number of anilines is 1. The monoisotopic (exact) mass is 331 g/mol. The Morgan fingerprint density at radius 3 is 2.67 bits per heavy atom. The van der Waals surface area contributed by atoms with Gasteiger partial charge >= 0.3 is 0 Å². The van der Waals surface area contributed by atoms with Crippen molar-refractivity contribution in [3.05, 3.63) is 50.8 Å². The summed E-state index contributed by atoms with van der Waals surface area (Å²) in [7, 11) is 0. The van der Waals surface area contributed by atoms with Crippen molar-refractivity contribution in [3.63, 3.8) is 0 Å². The Morgan fingerprint density at radius 1 is 1.38 bits per heavy atom. The molecule has 0 saturated heterocycles. The van der Waals surface area contributed by atoms with E-state index in [1.165, 1.54) is 6.07 Å².